The molecule has 98 valence electrons. The Hall–Kier alpha value is -2.50. The van der Waals surface area contributed by atoms with Crippen molar-refractivity contribution in [3.05, 3.63) is 47.3 Å². The largest absolute Gasteiger partial charge is 0.515 e. The van der Waals surface area contributed by atoms with Crippen molar-refractivity contribution in [2.24, 2.45) is 16.5 Å². The first-order chi connectivity index (χ1) is 8.60. The second kappa shape index (κ2) is 8.63. The number of nitrogens with one attached hydrogen (secondary N) is 1. The highest BCUT2D eigenvalue weighted by Crippen LogP contribution is 2.06. The number of allylic oxidation sites excluding steroid dienone is 4. The fourth-order valence-corrected chi connectivity index (χ4v) is 1.00. The van der Waals surface area contributed by atoms with E-state index in [0.29, 0.717) is 29.6 Å². The Kier molecular flexibility index (Phi) is 7.43. The van der Waals surface area contributed by atoms with Crippen molar-refractivity contribution in [3.8, 4) is 0 Å². The maximum Gasteiger partial charge on any atom is 0.155 e. The van der Waals surface area contributed by atoms with Crippen molar-refractivity contribution >= 4 is 12.5 Å². The second-order valence-electron chi connectivity index (χ2n) is 3.27. The van der Waals surface area contributed by atoms with Gasteiger partial charge in [-0.3, -0.25) is 9.79 Å². The van der Waals surface area contributed by atoms with Gasteiger partial charge in [-0.1, -0.05) is 0 Å². The number of aldehydes is 1. The molecule has 0 amide bonds. The lowest BCUT2D eigenvalue weighted by molar-refractivity contribution is -0.104. The summed E-state index contributed by atoms with van der Waals surface area (Å²) in [6, 6.07) is 0. The van der Waals surface area contributed by atoms with E-state index in [0.717, 1.165) is 0 Å². The van der Waals surface area contributed by atoms with E-state index in [4.69, 9.17) is 16.6 Å². The summed E-state index contributed by atoms with van der Waals surface area (Å²) in [6.07, 6.45) is 7.14. The van der Waals surface area contributed by atoms with Crippen molar-refractivity contribution in [3.63, 3.8) is 0 Å². The number of hydrogen-bond donors (Lipinski definition) is 4. The monoisotopic (exact) mass is 250 g/mol. The fourth-order valence-electron chi connectivity index (χ4n) is 1.00. The van der Waals surface area contributed by atoms with Crippen LogP contribution in [0.2, 0.25) is 0 Å². The van der Waals surface area contributed by atoms with Crippen LogP contribution in [0.25, 0.3) is 0 Å². The first-order valence-electron chi connectivity index (χ1n) is 5.14. The van der Waals surface area contributed by atoms with Gasteiger partial charge >= 0.3 is 0 Å². The molecule has 0 aliphatic rings. The highest BCUT2D eigenvalue weighted by atomic mass is 16.2. The van der Waals surface area contributed by atoms with Gasteiger partial charge in [-0.2, -0.15) is 0 Å². The molecule has 0 aliphatic heterocycles. The number of hydrogen-bond acceptors (Lipinski definition) is 6. The van der Waals surface area contributed by atoms with Gasteiger partial charge in [0.15, 0.2) is 6.29 Å². The SMILES string of the molecule is CN=C/C=C(N/C(N)=C(C)/C=C\N)\C(C=O)=C/O. The summed E-state index contributed by atoms with van der Waals surface area (Å²) >= 11 is 0. The van der Waals surface area contributed by atoms with Crippen molar-refractivity contribution in [2.75, 3.05) is 7.05 Å². The Morgan fingerprint density at radius 1 is 1.44 bits per heavy atom. The summed E-state index contributed by atoms with van der Waals surface area (Å²) in [4.78, 5) is 14.5. The molecule has 6 nitrogen and oxygen atoms in total. The molecule has 0 aromatic carbocycles. The number of aliphatic hydroxyl groups excluding tert-OH is 1. The van der Waals surface area contributed by atoms with Crippen LogP contribution in [0.1, 0.15) is 6.92 Å². The molecule has 0 aliphatic carbocycles. The zero-order chi connectivity index (χ0) is 14.0. The summed E-state index contributed by atoms with van der Waals surface area (Å²) in [7, 11) is 1.58. The van der Waals surface area contributed by atoms with Crippen molar-refractivity contribution in [2.45, 2.75) is 6.92 Å². The van der Waals surface area contributed by atoms with Crippen LogP contribution in [0.3, 0.4) is 0 Å². The van der Waals surface area contributed by atoms with E-state index >= 15 is 0 Å². The molecule has 18 heavy (non-hydrogen) atoms. The standard InChI is InChI=1S/C12H18N4O2/c1-9(3-5-13)12(14)16-11(4-6-15-2)10(7-17)8-18/h3-8,16-17H,13-14H2,1-2H3/b5-3-,10-7-,11-4+,12-9+,15-6?. The number of carbonyl (C=O) groups excluding carboxylic acids is 1. The molecule has 0 spiro atoms. The lowest BCUT2D eigenvalue weighted by Crippen LogP contribution is -2.22. The Labute approximate surface area is 106 Å². The average Bonchev–Trinajstić information content (AvgIpc) is 2.37. The molecule has 0 fully saturated rings. The van der Waals surface area contributed by atoms with E-state index in [9.17, 15) is 4.79 Å². The third-order valence-electron chi connectivity index (χ3n) is 2.01. The van der Waals surface area contributed by atoms with E-state index in [1.54, 1.807) is 20.0 Å². The highest BCUT2D eigenvalue weighted by Gasteiger charge is 2.05. The number of aliphatic imine (C=N–C) groups is 1. The van der Waals surface area contributed by atoms with Gasteiger partial charge in [-0.05, 0) is 30.8 Å². The molecule has 0 heterocycles. The quantitative estimate of drug-likeness (QED) is 0.180. The van der Waals surface area contributed by atoms with E-state index in [-0.39, 0.29) is 5.57 Å². The number of nitrogens with two attached hydrogens (primary N) is 2. The van der Waals surface area contributed by atoms with E-state index in [2.05, 4.69) is 10.3 Å². The first kappa shape index (κ1) is 15.5. The van der Waals surface area contributed by atoms with Crippen LogP contribution in [0.4, 0.5) is 0 Å². The Morgan fingerprint density at radius 2 is 2.11 bits per heavy atom. The topological polar surface area (TPSA) is 114 Å². The molecule has 0 aromatic heterocycles. The van der Waals surface area contributed by atoms with Crippen LogP contribution in [0.15, 0.2) is 52.3 Å². The zero-order valence-electron chi connectivity index (χ0n) is 10.4. The minimum absolute atomic E-state index is 0.0578. The van der Waals surface area contributed by atoms with E-state index in [1.165, 1.54) is 18.5 Å². The molecule has 0 saturated carbocycles. The molecule has 6 N–H and O–H groups in total. The van der Waals surface area contributed by atoms with Gasteiger partial charge in [0, 0.05) is 13.3 Å². The predicted octanol–water partition coefficient (Wildman–Crippen LogP) is 0.464. The molecule has 0 saturated heterocycles. The third-order valence-corrected chi connectivity index (χ3v) is 2.01. The minimum atomic E-state index is 0.0578. The Morgan fingerprint density at radius 3 is 2.56 bits per heavy atom. The minimum Gasteiger partial charge on any atom is -0.515 e. The molecule has 0 atom stereocenters. The number of nitrogens with zero attached hydrogens (tertiary/aromatic N) is 1. The normalized spacial score (nSPS) is 15.0. The molecular formula is C12H18N4O2. The van der Waals surface area contributed by atoms with Crippen LogP contribution in [0.5, 0.6) is 0 Å². The Balaban J connectivity index is 5.27. The van der Waals surface area contributed by atoms with Crippen LogP contribution < -0.4 is 16.8 Å². The maximum absolute atomic E-state index is 10.8. The lowest BCUT2D eigenvalue weighted by Gasteiger charge is -2.11. The van der Waals surface area contributed by atoms with Crippen LogP contribution in [-0.4, -0.2) is 24.7 Å². The maximum atomic E-state index is 10.8. The molecule has 6 heteroatoms. The highest BCUT2D eigenvalue weighted by molar-refractivity contribution is 5.84. The zero-order valence-corrected chi connectivity index (χ0v) is 10.4. The van der Waals surface area contributed by atoms with Crippen LogP contribution in [-0.2, 0) is 4.79 Å². The van der Waals surface area contributed by atoms with Crippen LogP contribution in [0, 0.1) is 0 Å². The van der Waals surface area contributed by atoms with E-state index < -0.39 is 0 Å². The molecule has 0 bridgehead atoms. The van der Waals surface area contributed by atoms with Gasteiger partial charge in [0.1, 0.15) is 5.82 Å². The number of rotatable bonds is 6. The number of carbonyl (C=O) groups is 1. The van der Waals surface area contributed by atoms with Crippen molar-refractivity contribution in [1.82, 2.24) is 5.32 Å². The molecule has 0 unspecified atom stereocenters. The summed E-state index contributed by atoms with van der Waals surface area (Å²) in [5.41, 5.74) is 12.1. The molecule has 0 rings (SSSR count). The molecular weight excluding hydrogens is 232 g/mol. The second-order valence-corrected chi connectivity index (χ2v) is 3.27. The van der Waals surface area contributed by atoms with Crippen LogP contribution >= 0.6 is 0 Å². The Bertz CT molecular complexity index is 431. The van der Waals surface area contributed by atoms with Crippen molar-refractivity contribution < 1.29 is 9.90 Å². The number of aliphatic hydroxyl groups is 1. The van der Waals surface area contributed by atoms with Gasteiger partial charge in [-0.25, -0.2) is 0 Å². The summed E-state index contributed by atoms with van der Waals surface area (Å²) in [6.45, 7) is 1.75. The predicted molar refractivity (Wildman–Crippen MR) is 72.6 cm³/mol. The van der Waals surface area contributed by atoms with Gasteiger partial charge in [-0.15, -0.1) is 0 Å². The van der Waals surface area contributed by atoms with Gasteiger partial charge in [0.25, 0.3) is 0 Å². The van der Waals surface area contributed by atoms with Gasteiger partial charge in [0.2, 0.25) is 0 Å². The first-order valence-corrected chi connectivity index (χ1v) is 5.14. The fraction of sp³-hybridized carbons (Fsp3) is 0.167. The summed E-state index contributed by atoms with van der Waals surface area (Å²) in [5.74, 6) is 0.314. The van der Waals surface area contributed by atoms with E-state index in [1.807, 2.05) is 0 Å². The summed E-state index contributed by atoms with van der Waals surface area (Å²) < 4.78 is 0. The van der Waals surface area contributed by atoms with Gasteiger partial charge in [0.05, 0.1) is 17.5 Å². The smallest absolute Gasteiger partial charge is 0.155 e. The molecule has 0 radical (unpaired) electrons. The molecule has 0 aromatic rings. The average molecular weight is 250 g/mol. The van der Waals surface area contributed by atoms with Crippen molar-refractivity contribution in [1.29, 1.82) is 0 Å². The summed E-state index contributed by atoms with van der Waals surface area (Å²) in [5, 5.41) is 11.7. The lowest BCUT2D eigenvalue weighted by atomic mass is 10.2. The van der Waals surface area contributed by atoms with Gasteiger partial charge < -0.3 is 21.9 Å². The third kappa shape index (κ3) is 5.02.